The highest BCUT2D eigenvalue weighted by atomic mass is 16.6. The average molecular weight is 393 g/mol. The van der Waals surface area contributed by atoms with Crippen molar-refractivity contribution in [3.63, 3.8) is 0 Å². The zero-order valence-electron chi connectivity index (χ0n) is 16.1. The molecule has 0 unspecified atom stereocenters. The van der Waals surface area contributed by atoms with Gasteiger partial charge in [0.2, 0.25) is 6.04 Å². The molecular weight excluding hydrogens is 370 g/mol. The Hall–Kier alpha value is -3.38. The zero-order chi connectivity index (χ0) is 20.6. The second-order valence-electron chi connectivity index (χ2n) is 6.73. The fourth-order valence-corrected chi connectivity index (χ4v) is 2.81. The van der Waals surface area contributed by atoms with Crippen molar-refractivity contribution in [1.82, 2.24) is 0 Å². The molecule has 29 heavy (non-hydrogen) atoms. The molecule has 1 N–H and O–H groups in total. The molecule has 6 heteroatoms. The minimum absolute atomic E-state index is 0.312. The second kappa shape index (κ2) is 9.71. The van der Waals surface area contributed by atoms with Crippen LogP contribution in [0.5, 0.6) is 11.5 Å². The van der Waals surface area contributed by atoms with Gasteiger partial charge in [-0.25, -0.2) is 0 Å². The molecule has 0 aliphatic carbocycles. The molecule has 0 aliphatic rings. The summed E-state index contributed by atoms with van der Waals surface area (Å²) >= 11 is 0. The number of hydrogen-bond acceptors (Lipinski definition) is 5. The first-order valence-electron chi connectivity index (χ1n) is 9.33. The summed E-state index contributed by atoms with van der Waals surface area (Å²) in [6.07, 6.45) is -1.24. The molecule has 0 amide bonds. The SMILES string of the molecule is C[C@H]([C@@H](O)c1ccc(OCc2ccccc2)c(OCc2ccccc2)c1)[N+](=O)[O-]. The van der Waals surface area contributed by atoms with Gasteiger partial charge in [-0.05, 0) is 28.8 Å². The minimum atomic E-state index is -1.24. The van der Waals surface area contributed by atoms with E-state index < -0.39 is 17.1 Å². The molecule has 6 nitrogen and oxygen atoms in total. The largest absolute Gasteiger partial charge is 0.485 e. The second-order valence-corrected chi connectivity index (χ2v) is 6.73. The van der Waals surface area contributed by atoms with Crippen LogP contribution < -0.4 is 9.47 Å². The van der Waals surface area contributed by atoms with Gasteiger partial charge in [-0.3, -0.25) is 10.1 Å². The summed E-state index contributed by atoms with van der Waals surface area (Å²) in [7, 11) is 0. The highest BCUT2D eigenvalue weighted by Crippen LogP contribution is 2.33. The zero-order valence-corrected chi connectivity index (χ0v) is 16.1. The summed E-state index contributed by atoms with van der Waals surface area (Å²) in [5, 5.41) is 21.4. The minimum Gasteiger partial charge on any atom is -0.485 e. The Labute approximate surface area is 169 Å². The third kappa shape index (κ3) is 5.56. The number of ether oxygens (including phenoxy) is 2. The standard InChI is InChI=1S/C23H23NO5/c1-17(24(26)27)23(25)20-12-13-21(28-15-18-8-4-2-5-9-18)22(14-20)29-16-19-10-6-3-7-11-19/h2-14,17,23,25H,15-16H2,1H3/t17-,23-/m1/s1. The molecule has 2 atom stereocenters. The normalized spacial score (nSPS) is 12.8. The Balaban J connectivity index is 1.82. The van der Waals surface area contributed by atoms with E-state index in [9.17, 15) is 15.2 Å². The van der Waals surface area contributed by atoms with Crippen molar-refractivity contribution in [2.24, 2.45) is 0 Å². The summed E-state index contributed by atoms with van der Waals surface area (Å²) in [4.78, 5) is 10.5. The van der Waals surface area contributed by atoms with Crippen LogP contribution in [0, 0.1) is 10.1 Å². The maximum Gasteiger partial charge on any atom is 0.239 e. The van der Waals surface area contributed by atoms with Crippen LogP contribution in [0.1, 0.15) is 29.7 Å². The highest BCUT2D eigenvalue weighted by Gasteiger charge is 2.26. The molecule has 0 radical (unpaired) electrons. The fourth-order valence-electron chi connectivity index (χ4n) is 2.81. The summed E-state index contributed by atoms with van der Waals surface area (Å²) in [5.41, 5.74) is 2.39. The molecule has 0 spiro atoms. The van der Waals surface area contributed by atoms with Gasteiger partial charge >= 0.3 is 0 Å². The van der Waals surface area contributed by atoms with Crippen LogP contribution >= 0.6 is 0 Å². The van der Waals surface area contributed by atoms with Crippen LogP contribution in [0.3, 0.4) is 0 Å². The monoisotopic (exact) mass is 393 g/mol. The molecule has 3 aromatic rings. The Kier molecular flexibility index (Phi) is 6.81. The fraction of sp³-hybridized carbons (Fsp3) is 0.217. The Morgan fingerprint density at radius 2 is 1.38 bits per heavy atom. The van der Waals surface area contributed by atoms with Crippen molar-refractivity contribution in [3.8, 4) is 11.5 Å². The van der Waals surface area contributed by atoms with Gasteiger partial charge in [0.25, 0.3) is 0 Å². The molecule has 0 aromatic heterocycles. The van der Waals surface area contributed by atoms with Gasteiger partial charge in [0.05, 0.1) is 0 Å². The van der Waals surface area contributed by atoms with Gasteiger partial charge in [0, 0.05) is 11.8 Å². The van der Waals surface area contributed by atoms with Crippen molar-refractivity contribution < 1.29 is 19.5 Å². The number of benzene rings is 3. The van der Waals surface area contributed by atoms with E-state index in [-0.39, 0.29) is 0 Å². The summed E-state index contributed by atoms with van der Waals surface area (Å²) in [5.74, 6) is 0.936. The lowest BCUT2D eigenvalue weighted by Crippen LogP contribution is -2.23. The molecule has 3 aromatic carbocycles. The topological polar surface area (TPSA) is 81.8 Å². The van der Waals surface area contributed by atoms with E-state index in [0.717, 1.165) is 11.1 Å². The van der Waals surface area contributed by atoms with Gasteiger partial charge < -0.3 is 14.6 Å². The third-order valence-corrected chi connectivity index (χ3v) is 4.57. The van der Waals surface area contributed by atoms with Crippen LogP contribution in [-0.2, 0) is 13.2 Å². The first-order chi connectivity index (χ1) is 14.0. The summed E-state index contributed by atoms with van der Waals surface area (Å²) < 4.78 is 11.9. The predicted octanol–water partition coefficient (Wildman–Crippen LogP) is 4.54. The molecule has 0 aliphatic heterocycles. The number of rotatable bonds is 9. The maximum absolute atomic E-state index is 11.0. The van der Waals surface area contributed by atoms with Crippen LogP contribution in [0.25, 0.3) is 0 Å². The molecule has 0 heterocycles. The lowest BCUT2D eigenvalue weighted by molar-refractivity contribution is -0.531. The van der Waals surface area contributed by atoms with Gasteiger partial charge in [-0.15, -0.1) is 0 Å². The number of nitro groups is 1. The van der Waals surface area contributed by atoms with Crippen molar-refractivity contribution >= 4 is 0 Å². The van der Waals surface area contributed by atoms with Crippen LogP contribution in [0.15, 0.2) is 78.9 Å². The van der Waals surface area contributed by atoms with Crippen LogP contribution in [0.2, 0.25) is 0 Å². The third-order valence-electron chi connectivity index (χ3n) is 4.57. The highest BCUT2D eigenvalue weighted by molar-refractivity contribution is 5.44. The Morgan fingerprint density at radius 3 is 1.90 bits per heavy atom. The molecule has 0 saturated heterocycles. The molecule has 0 bridgehead atoms. The van der Waals surface area contributed by atoms with Gasteiger partial charge in [-0.2, -0.15) is 0 Å². The lowest BCUT2D eigenvalue weighted by atomic mass is 10.0. The first-order valence-corrected chi connectivity index (χ1v) is 9.33. The average Bonchev–Trinajstić information content (AvgIpc) is 2.76. The summed E-state index contributed by atoms with van der Waals surface area (Å²) in [6.45, 7) is 2.04. The molecule has 150 valence electrons. The number of hydrogen-bond donors (Lipinski definition) is 1. The number of aliphatic hydroxyl groups is 1. The van der Waals surface area contributed by atoms with E-state index in [4.69, 9.17) is 9.47 Å². The lowest BCUT2D eigenvalue weighted by Gasteiger charge is -2.17. The van der Waals surface area contributed by atoms with E-state index in [1.165, 1.54) is 6.92 Å². The predicted molar refractivity (Wildman–Crippen MR) is 109 cm³/mol. The van der Waals surface area contributed by atoms with Gasteiger partial charge in [0.1, 0.15) is 19.3 Å². The molecule has 3 rings (SSSR count). The Morgan fingerprint density at radius 1 is 0.862 bits per heavy atom. The Bertz CT molecular complexity index is 931. The van der Waals surface area contributed by atoms with Crippen molar-refractivity contribution in [2.45, 2.75) is 32.3 Å². The van der Waals surface area contributed by atoms with E-state index in [2.05, 4.69) is 0 Å². The maximum atomic E-state index is 11.0. The van der Waals surface area contributed by atoms with Gasteiger partial charge in [-0.1, -0.05) is 66.7 Å². The molecule has 0 fully saturated rings. The number of nitrogens with zero attached hydrogens (tertiary/aromatic N) is 1. The number of aliphatic hydroxyl groups excluding tert-OH is 1. The van der Waals surface area contributed by atoms with E-state index in [1.807, 2.05) is 60.7 Å². The van der Waals surface area contributed by atoms with Crippen molar-refractivity contribution in [1.29, 1.82) is 0 Å². The van der Waals surface area contributed by atoms with Crippen molar-refractivity contribution in [3.05, 3.63) is 106 Å². The quantitative estimate of drug-likeness (QED) is 0.426. The smallest absolute Gasteiger partial charge is 0.239 e. The first kappa shape index (κ1) is 20.4. The van der Waals surface area contributed by atoms with E-state index in [0.29, 0.717) is 30.3 Å². The van der Waals surface area contributed by atoms with Crippen LogP contribution in [0.4, 0.5) is 0 Å². The van der Waals surface area contributed by atoms with Crippen LogP contribution in [-0.4, -0.2) is 16.1 Å². The van der Waals surface area contributed by atoms with Gasteiger partial charge in [0.15, 0.2) is 11.5 Å². The van der Waals surface area contributed by atoms with E-state index >= 15 is 0 Å². The summed E-state index contributed by atoms with van der Waals surface area (Å²) in [6, 6.07) is 23.1. The molecule has 0 saturated carbocycles. The van der Waals surface area contributed by atoms with E-state index in [1.54, 1.807) is 18.2 Å². The van der Waals surface area contributed by atoms with Crippen molar-refractivity contribution in [2.75, 3.05) is 0 Å². The molecular formula is C23H23NO5.